The number of fused-ring (bicyclic) bond motifs is 1. The normalized spacial score (nSPS) is 12.5. The summed E-state index contributed by atoms with van der Waals surface area (Å²) in [6, 6.07) is 14.3. The minimum absolute atomic E-state index is 0.323. The van der Waals surface area contributed by atoms with Crippen LogP contribution in [0.2, 0.25) is 0 Å². The summed E-state index contributed by atoms with van der Waals surface area (Å²) in [6.45, 7) is 1.10. The van der Waals surface area contributed by atoms with Crippen LogP contribution < -0.4 is 14.8 Å². The van der Waals surface area contributed by atoms with Gasteiger partial charge in [-0.3, -0.25) is 0 Å². The first-order valence-electron chi connectivity index (χ1n) is 5.69. The number of anilines is 1. The lowest BCUT2D eigenvalue weighted by Gasteiger charge is -2.07. The highest BCUT2D eigenvalue weighted by Crippen LogP contribution is 2.32. The van der Waals surface area contributed by atoms with Gasteiger partial charge in [0.2, 0.25) is 6.79 Å². The van der Waals surface area contributed by atoms with Crippen LogP contribution in [0.25, 0.3) is 0 Å². The molecule has 3 rings (SSSR count). The first-order valence-corrected chi connectivity index (χ1v) is 6.77. The fourth-order valence-electron chi connectivity index (χ4n) is 1.85. The summed E-state index contributed by atoms with van der Waals surface area (Å²) in [7, 11) is 0. The Labute approximate surface area is 119 Å². The van der Waals surface area contributed by atoms with E-state index < -0.39 is 0 Å². The van der Waals surface area contributed by atoms with Gasteiger partial charge in [0.25, 0.3) is 0 Å². The molecule has 2 aromatic rings. The number of rotatable bonds is 3. The van der Waals surface area contributed by atoms with Crippen LogP contribution >= 0.6 is 22.6 Å². The van der Waals surface area contributed by atoms with Crippen LogP contribution in [0.3, 0.4) is 0 Å². The number of hydrogen-bond acceptors (Lipinski definition) is 3. The van der Waals surface area contributed by atoms with Gasteiger partial charge < -0.3 is 14.8 Å². The fraction of sp³-hybridized carbons (Fsp3) is 0.143. The van der Waals surface area contributed by atoms with E-state index in [0.717, 1.165) is 23.7 Å². The van der Waals surface area contributed by atoms with Crippen molar-refractivity contribution >= 4 is 28.3 Å². The van der Waals surface area contributed by atoms with Crippen LogP contribution in [-0.2, 0) is 6.54 Å². The van der Waals surface area contributed by atoms with Crippen molar-refractivity contribution in [2.24, 2.45) is 0 Å². The van der Waals surface area contributed by atoms with Gasteiger partial charge in [-0.05, 0) is 58.5 Å². The summed E-state index contributed by atoms with van der Waals surface area (Å²) in [6.07, 6.45) is 0. The molecule has 0 atom stereocenters. The summed E-state index contributed by atoms with van der Waals surface area (Å²) >= 11 is 2.31. The van der Waals surface area contributed by atoms with Crippen molar-refractivity contribution in [3.05, 3.63) is 51.6 Å². The third kappa shape index (κ3) is 2.53. The number of ether oxygens (including phenoxy) is 2. The topological polar surface area (TPSA) is 30.5 Å². The first kappa shape index (κ1) is 11.6. The molecule has 1 N–H and O–H groups in total. The minimum Gasteiger partial charge on any atom is -0.454 e. The fourth-order valence-corrected chi connectivity index (χ4v) is 2.40. The van der Waals surface area contributed by atoms with Crippen molar-refractivity contribution in [2.45, 2.75) is 6.54 Å². The quantitative estimate of drug-likeness (QED) is 0.855. The summed E-state index contributed by atoms with van der Waals surface area (Å²) < 4.78 is 11.9. The monoisotopic (exact) mass is 353 g/mol. The lowest BCUT2D eigenvalue weighted by atomic mass is 10.2. The largest absolute Gasteiger partial charge is 0.454 e. The van der Waals surface area contributed by atoms with Crippen LogP contribution in [0, 0.1) is 3.57 Å². The van der Waals surface area contributed by atoms with E-state index in [0.29, 0.717) is 6.79 Å². The highest BCUT2D eigenvalue weighted by molar-refractivity contribution is 14.1. The zero-order chi connectivity index (χ0) is 12.4. The van der Waals surface area contributed by atoms with Gasteiger partial charge in [0.05, 0.1) is 0 Å². The molecule has 0 aromatic heterocycles. The Kier molecular flexibility index (Phi) is 3.27. The smallest absolute Gasteiger partial charge is 0.231 e. The van der Waals surface area contributed by atoms with Crippen LogP contribution in [0.5, 0.6) is 11.5 Å². The number of halogens is 1. The predicted molar refractivity (Wildman–Crippen MR) is 79.1 cm³/mol. The van der Waals surface area contributed by atoms with Crippen molar-refractivity contribution in [3.8, 4) is 11.5 Å². The van der Waals surface area contributed by atoms with Crippen molar-refractivity contribution in [2.75, 3.05) is 12.1 Å². The lowest BCUT2D eigenvalue weighted by molar-refractivity contribution is 0.174. The van der Waals surface area contributed by atoms with Gasteiger partial charge >= 0.3 is 0 Å². The molecule has 0 fully saturated rings. The number of benzene rings is 2. The molecule has 92 valence electrons. The van der Waals surface area contributed by atoms with E-state index in [1.165, 1.54) is 9.13 Å². The molecule has 0 unspecified atom stereocenters. The second kappa shape index (κ2) is 5.06. The predicted octanol–water partition coefficient (Wildman–Crippen LogP) is 3.63. The zero-order valence-electron chi connectivity index (χ0n) is 9.65. The summed E-state index contributed by atoms with van der Waals surface area (Å²) in [4.78, 5) is 0. The van der Waals surface area contributed by atoms with E-state index in [1.54, 1.807) is 0 Å². The molecule has 1 aliphatic rings. The molecular formula is C14H12INO2. The Morgan fingerprint density at radius 3 is 2.83 bits per heavy atom. The van der Waals surface area contributed by atoms with E-state index in [-0.39, 0.29) is 0 Å². The zero-order valence-corrected chi connectivity index (χ0v) is 11.8. The van der Waals surface area contributed by atoms with E-state index in [1.807, 2.05) is 18.2 Å². The van der Waals surface area contributed by atoms with Crippen molar-refractivity contribution in [3.63, 3.8) is 0 Å². The highest BCUT2D eigenvalue weighted by atomic mass is 127. The summed E-state index contributed by atoms with van der Waals surface area (Å²) in [5, 5.41) is 3.39. The van der Waals surface area contributed by atoms with Crippen LogP contribution in [0.4, 0.5) is 5.69 Å². The Bertz CT molecular complexity index is 571. The summed E-state index contributed by atoms with van der Waals surface area (Å²) in [5.74, 6) is 1.66. The molecule has 0 saturated carbocycles. The molecule has 0 spiro atoms. The highest BCUT2D eigenvalue weighted by Gasteiger charge is 2.12. The lowest BCUT2D eigenvalue weighted by Crippen LogP contribution is -1.99. The third-order valence-corrected chi connectivity index (χ3v) is 3.43. The van der Waals surface area contributed by atoms with Gasteiger partial charge in [0.1, 0.15) is 0 Å². The molecule has 1 aliphatic heterocycles. The Balaban J connectivity index is 1.70. The molecule has 18 heavy (non-hydrogen) atoms. The van der Waals surface area contributed by atoms with Gasteiger partial charge in [-0.15, -0.1) is 0 Å². The maximum absolute atomic E-state index is 5.36. The SMILES string of the molecule is Ic1cccc(NCc2ccc3c(c2)OCO3)c1. The molecule has 1 heterocycles. The molecular weight excluding hydrogens is 341 g/mol. The average molecular weight is 353 g/mol. The standard InChI is InChI=1S/C14H12INO2/c15-11-2-1-3-12(7-11)16-8-10-4-5-13-14(6-10)18-9-17-13/h1-7,16H,8-9H2. The molecule has 0 amide bonds. The average Bonchev–Trinajstić information content (AvgIpc) is 2.84. The van der Waals surface area contributed by atoms with Gasteiger partial charge in [0.15, 0.2) is 11.5 Å². The van der Waals surface area contributed by atoms with E-state index in [9.17, 15) is 0 Å². The van der Waals surface area contributed by atoms with Crippen LogP contribution in [0.15, 0.2) is 42.5 Å². The molecule has 0 bridgehead atoms. The molecule has 4 heteroatoms. The van der Waals surface area contributed by atoms with E-state index in [4.69, 9.17) is 9.47 Å². The van der Waals surface area contributed by atoms with Gasteiger partial charge in [-0.25, -0.2) is 0 Å². The molecule has 0 aliphatic carbocycles. The van der Waals surface area contributed by atoms with Crippen LogP contribution in [0.1, 0.15) is 5.56 Å². The van der Waals surface area contributed by atoms with Gasteiger partial charge in [0, 0.05) is 15.8 Å². The van der Waals surface area contributed by atoms with Crippen LogP contribution in [-0.4, -0.2) is 6.79 Å². The first-order chi connectivity index (χ1) is 8.81. The molecule has 0 saturated heterocycles. The third-order valence-electron chi connectivity index (χ3n) is 2.76. The second-order valence-electron chi connectivity index (χ2n) is 4.05. The molecule has 2 aromatic carbocycles. The Morgan fingerprint density at radius 1 is 1.06 bits per heavy atom. The Hall–Kier alpha value is -1.43. The Morgan fingerprint density at radius 2 is 1.94 bits per heavy atom. The van der Waals surface area contributed by atoms with Gasteiger partial charge in [-0.1, -0.05) is 12.1 Å². The minimum atomic E-state index is 0.323. The number of nitrogens with one attached hydrogen (secondary N) is 1. The van der Waals surface area contributed by atoms with Crippen molar-refractivity contribution in [1.29, 1.82) is 0 Å². The number of hydrogen-bond donors (Lipinski definition) is 1. The van der Waals surface area contributed by atoms with Gasteiger partial charge in [-0.2, -0.15) is 0 Å². The summed E-state index contributed by atoms with van der Waals surface area (Å²) in [5.41, 5.74) is 2.30. The second-order valence-corrected chi connectivity index (χ2v) is 5.30. The van der Waals surface area contributed by atoms with E-state index >= 15 is 0 Å². The van der Waals surface area contributed by atoms with Crippen molar-refractivity contribution < 1.29 is 9.47 Å². The maximum Gasteiger partial charge on any atom is 0.231 e. The maximum atomic E-state index is 5.36. The van der Waals surface area contributed by atoms with Crippen molar-refractivity contribution in [1.82, 2.24) is 0 Å². The van der Waals surface area contributed by atoms with E-state index in [2.05, 4.69) is 52.2 Å². The molecule has 0 radical (unpaired) electrons. The molecule has 3 nitrogen and oxygen atoms in total.